The van der Waals surface area contributed by atoms with Crippen molar-refractivity contribution >= 4 is 5.91 Å². The Morgan fingerprint density at radius 2 is 1.84 bits per heavy atom. The fourth-order valence-electron chi connectivity index (χ4n) is 4.22. The van der Waals surface area contributed by atoms with Crippen LogP contribution in [0.2, 0.25) is 0 Å². The summed E-state index contributed by atoms with van der Waals surface area (Å²) in [6, 6.07) is 15.0. The largest absolute Gasteiger partial charge is 0.443 e. The van der Waals surface area contributed by atoms with Gasteiger partial charge in [0.25, 0.3) is 11.8 Å². The summed E-state index contributed by atoms with van der Waals surface area (Å²) in [6.45, 7) is 4.11. The lowest BCUT2D eigenvalue weighted by Crippen LogP contribution is -2.35. The Kier molecular flexibility index (Phi) is 6.60. The molecule has 0 bridgehead atoms. The standard InChI is InChI=1S/C27H28N8O3/c1-17-12-20(35(4)33-17)16-34(3)25(36)19-13-21(23-29-10-11-37-23)30-22(14-19)24-31-32-26(38-24)27(2,28)15-18-8-6-5-7-9-18/h5-14H,15-16,28H2,1-4H3/t27-/m1/s1. The van der Waals surface area contributed by atoms with E-state index in [1.54, 1.807) is 28.8 Å². The second-order valence-electron chi connectivity index (χ2n) is 9.52. The number of carbonyl (C=O) groups excluding carboxylic acids is 1. The molecular weight excluding hydrogens is 484 g/mol. The Balaban J connectivity index is 1.47. The first-order valence-electron chi connectivity index (χ1n) is 12.0. The van der Waals surface area contributed by atoms with Crippen LogP contribution in [0.1, 0.15) is 40.1 Å². The Morgan fingerprint density at radius 3 is 2.50 bits per heavy atom. The average Bonchev–Trinajstić information content (AvgIpc) is 3.66. The Morgan fingerprint density at radius 1 is 1.11 bits per heavy atom. The van der Waals surface area contributed by atoms with Gasteiger partial charge < -0.3 is 19.5 Å². The topological polar surface area (TPSA) is 142 Å². The van der Waals surface area contributed by atoms with Gasteiger partial charge in [0.15, 0.2) is 0 Å². The quantitative estimate of drug-likeness (QED) is 0.330. The van der Waals surface area contributed by atoms with Crippen molar-refractivity contribution in [1.29, 1.82) is 0 Å². The zero-order valence-corrected chi connectivity index (χ0v) is 21.6. The summed E-state index contributed by atoms with van der Waals surface area (Å²) >= 11 is 0. The molecule has 11 heteroatoms. The predicted octanol–water partition coefficient (Wildman–Crippen LogP) is 3.52. The normalized spacial score (nSPS) is 12.9. The van der Waals surface area contributed by atoms with Crippen molar-refractivity contribution in [2.75, 3.05) is 7.05 Å². The summed E-state index contributed by atoms with van der Waals surface area (Å²) < 4.78 is 13.2. The number of aromatic nitrogens is 6. The second kappa shape index (κ2) is 10.0. The summed E-state index contributed by atoms with van der Waals surface area (Å²) in [6.07, 6.45) is 3.45. The lowest BCUT2D eigenvalue weighted by Gasteiger charge is -2.20. The molecule has 194 valence electrons. The van der Waals surface area contributed by atoms with Gasteiger partial charge in [-0.2, -0.15) is 5.10 Å². The monoisotopic (exact) mass is 512 g/mol. The molecule has 1 aromatic carbocycles. The molecule has 0 unspecified atom stereocenters. The van der Waals surface area contributed by atoms with Crippen LogP contribution >= 0.6 is 0 Å². The zero-order chi connectivity index (χ0) is 26.9. The smallest absolute Gasteiger partial charge is 0.266 e. The van der Waals surface area contributed by atoms with Gasteiger partial charge in [0.05, 0.1) is 29.7 Å². The molecule has 0 fully saturated rings. The number of aryl methyl sites for hydroxylation is 2. The van der Waals surface area contributed by atoms with Crippen LogP contribution < -0.4 is 5.73 Å². The lowest BCUT2D eigenvalue weighted by molar-refractivity contribution is 0.0782. The van der Waals surface area contributed by atoms with Gasteiger partial charge >= 0.3 is 0 Å². The van der Waals surface area contributed by atoms with E-state index in [0.717, 1.165) is 17.0 Å². The molecule has 0 saturated heterocycles. The van der Waals surface area contributed by atoms with Gasteiger partial charge in [-0.05, 0) is 44.0 Å². The first-order valence-corrected chi connectivity index (χ1v) is 12.0. The number of hydrogen-bond acceptors (Lipinski definition) is 9. The highest BCUT2D eigenvalue weighted by atomic mass is 16.4. The highest BCUT2D eigenvalue weighted by molar-refractivity contribution is 5.95. The SMILES string of the molecule is Cc1cc(CN(C)C(=O)c2cc(-c3ncco3)nc(-c3nnc([C@](C)(N)Cc4ccccc4)o3)c2)n(C)n1. The number of benzene rings is 1. The molecule has 5 aromatic rings. The van der Waals surface area contributed by atoms with Gasteiger partial charge in [0, 0.05) is 19.7 Å². The van der Waals surface area contributed by atoms with Crippen molar-refractivity contribution in [2.24, 2.45) is 12.8 Å². The molecule has 0 radical (unpaired) electrons. The molecule has 0 aliphatic carbocycles. The van der Waals surface area contributed by atoms with Crippen molar-refractivity contribution in [3.05, 3.63) is 89.4 Å². The van der Waals surface area contributed by atoms with Crippen LogP contribution in [-0.2, 0) is 25.6 Å². The van der Waals surface area contributed by atoms with Crippen LogP contribution in [0.3, 0.4) is 0 Å². The molecule has 2 N–H and O–H groups in total. The van der Waals surface area contributed by atoms with Gasteiger partial charge in [-0.3, -0.25) is 9.48 Å². The lowest BCUT2D eigenvalue weighted by atomic mass is 9.94. The van der Waals surface area contributed by atoms with E-state index in [0.29, 0.717) is 29.9 Å². The minimum Gasteiger partial charge on any atom is -0.443 e. The number of carbonyl (C=O) groups is 1. The maximum absolute atomic E-state index is 13.5. The molecular formula is C27H28N8O3. The number of rotatable bonds is 8. The van der Waals surface area contributed by atoms with Gasteiger partial charge in [-0.15, -0.1) is 10.2 Å². The van der Waals surface area contributed by atoms with E-state index < -0.39 is 5.54 Å². The molecule has 0 saturated carbocycles. The first-order chi connectivity index (χ1) is 18.2. The molecule has 4 heterocycles. The van der Waals surface area contributed by atoms with Gasteiger partial charge in [0.1, 0.15) is 17.7 Å². The van der Waals surface area contributed by atoms with E-state index in [2.05, 4.69) is 25.3 Å². The molecule has 11 nitrogen and oxygen atoms in total. The van der Waals surface area contributed by atoms with E-state index in [1.807, 2.05) is 57.3 Å². The number of hydrogen-bond donors (Lipinski definition) is 1. The van der Waals surface area contributed by atoms with Crippen LogP contribution in [0.4, 0.5) is 0 Å². The molecule has 38 heavy (non-hydrogen) atoms. The number of nitrogens with two attached hydrogens (primary N) is 1. The third kappa shape index (κ3) is 5.23. The average molecular weight is 513 g/mol. The molecule has 5 rings (SSSR count). The maximum atomic E-state index is 13.5. The van der Waals surface area contributed by atoms with E-state index in [9.17, 15) is 4.79 Å². The van der Waals surface area contributed by atoms with Gasteiger partial charge in [-0.1, -0.05) is 30.3 Å². The first kappa shape index (κ1) is 25.0. The molecule has 0 spiro atoms. The van der Waals surface area contributed by atoms with Crippen molar-refractivity contribution < 1.29 is 13.6 Å². The van der Waals surface area contributed by atoms with Crippen LogP contribution in [0.5, 0.6) is 0 Å². The van der Waals surface area contributed by atoms with E-state index in [4.69, 9.17) is 14.6 Å². The molecule has 4 aromatic heterocycles. The Labute approximate surface area is 219 Å². The highest BCUT2D eigenvalue weighted by Crippen LogP contribution is 2.28. The summed E-state index contributed by atoms with van der Waals surface area (Å²) in [4.78, 5) is 23.9. The number of amides is 1. The summed E-state index contributed by atoms with van der Waals surface area (Å²) in [5.41, 5.74) is 9.52. The fraction of sp³-hybridized carbons (Fsp3) is 0.259. The third-order valence-corrected chi connectivity index (χ3v) is 6.12. The van der Waals surface area contributed by atoms with Crippen molar-refractivity contribution in [3.8, 4) is 23.2 Å². The van der Waals surface area contributed by atoms with Crippen molar-refractivity contribution in [3.63, 3.8) is 0 Å². The minimum absolute atomic E-state index is 0.136. The third-order valence-electron chi connectivity index (χ3n) is 6.12. The van der Waals surface area contributed by atoms with Gasteiger partial charge in [0.2, 0.25) is 11.8 Å². The van der Waals surface area contributed by atoms with Crippen LogP contribution in [0, 0.1) is 6.92 Å². The fourth-order valence-corrected chi connectivity index (χ4v) is 4.22. The van der Waals surface area contributed by atoms with Gasteiger partial charge in [-0.25, -0.2) is 9.97 Å². The summed E-state index contributed by atoms with van der Waals surface area (Å²) in [7, 11) is 3.58. The van der Waals surface area contributed by atoms with Crippen LogP contribution in [-0.4, -0.2) is 47.8 Å². The van der Waals surface area contributed by atoms with E-state index >= 15 is 0 Å². The second-order valence-corrected chi connectivity index (χ2v) is 9.52. The molecule has 1 amide bonds. The number of pyridine rings is 1. The Hall–Kier alpha value is -4.64. The van der Waals surface area contributed by atoms with E-state index in [1.165, 1.54) is 12.5 Å². The highest BCUT2D eigenvalue weighted by Gasteiger charge is 2.29. The maximum Gasteiger partial charge on any atom is 0.266 e. The molecule has 0 aliphatic rings. The summed E-state index contributed by atoms with van der Waals surface area (Å²) in [5, 5.41) is 12.8. The Bertz CT molecular complexity index is 1550. The van der Waals surface area contributed by atoms with Crippen LogP contribution in [0.25, 0.3) is 23.2 Å². The van der Waals surface area contributed by atoms with E-state index in [-0.39, 0.29) is 23.6 Å². The summed E-state index contributed by atoms with van der Waals surface area (Å²) in [5.74, 6) is 0.430. The molecule has 0 aliphatic heterocycles. The predicted molar refractivity (Wildman–Crippen MR) is 138 cm³/mol. The van der Waals surface area contributed by atoms with Crippen LogP contribution in [0.15, 0.2) is 69.8 Å². The molecule has 1 atom stereocenters. The zero-order valence-electron chi connectivity index (χ0n) is 21.6. The van der Waals surface area contributed by atoms with Crippen molar-refractivity contribution in [2.45, 2.75) is 32.4 Å². The minimum atomic E-state index is -0.910. The number of oxazole rings is 1. The number of nitrogens with zero attached hydrogens (tertiary/aromatic N) is 7. The van der Waals surface area contributed by atoms with Crippen molar-refractivity contribution in [1.82, 2.24) is 34.8 Å².